The van der Waals surface area contributed by atoms with Crippen molar-refractivity contribution in [3.63, 3.8) is 0 Å². The van der Waals surface area contributed by atoms with E-state index in [2.05, 4.69) is 52.8 Å². The smallest absolute Gasteiger partial charge is 0.0596 e. The van der Waals surface area contributed by atoms with Crippen LogP contribution in [0.2, 0.25) is 0 Å². The van der Waals surface area contributed by atoms with Crippen LogP contribution in [0.1, 0.15) is 69.5 Å². The van der Waals surface area contributed by atoms with E-state index in [1.807, 2.05) is 0 Å². The van der Waals surface area contributed by atoms with Crippen molar-refractivity contribution < 1.29 is 0 Å². The van der Waals surface area contributed by atoms with Gasteiger partial charge in [-0.15, -0.1) is 11.6 Å². The van der Waals surface area contributed by atoms with Gasteiger partial charge in [0.05, 0.1) is 5.38 Å². The Kier molecular flexibility index (Phi) is 3.06. The molecule has 0 N–H and O–H groups in total. The zero-order valence-electron chi connectivity index (χ0n) is 11.6. The Bertz CT molecular complexity index is 429. The van der Waals surface area contributed by atoms with Crippen molar-refractivity contribution in [2.24, 2.45) is 0 Å². The maximum Gasteiger partial charge on any atom is 0.0596 e. The van der Waals surface area contributed by atoms with E-state index in [9.17, 15) is 0 Å². The summed E-state index contributed by atoms with van der Waals surface area (Å²) in [4.78, 5) is 0. The number of halogens is 1. The Hall–Kier alpha value is -0.490. The van der Waals surface area contributed by atoms with Crippen LogP contribution in [-0.4, -0.2) is 0 Å². The summed E-state index contributed by atoms with van der Waals surface area (Å²) >= 11 is 6.49. The third kappa shape index (κ3) is 2.12. The van der Waals surface area contributed by atoms with E-state index in [1.165, 1.54) is 16.7 Å². The molecule has 1 aromatic carbocycles. The highest BCUT2D eigenvalue weighted by atomic mass is 35.5. The summed E-state index contributed by atoms with van der Waals surface area (Å²) in [5.74, 6) is 0. The monoisotopic (exact) mass is 250 g/mol. The van der Waals surface area contributed by atoms with Gasteiger partial charge in [-0.2, -0.15) is 0 Å². The quantitative estimate of drug-likeness (QED) is 0.622. The predicted molar refractivity (Wildman–Crippen MR) is 76.0 cm³/mol. The zero-order chi connectivity index (χ0) is 12.8. The number of rotatable bonds is 2. The van der Waals surface area contributed by atoms with Crippen molar-refractivity contribution in [2.45, 2.75) is 63.7 Å². The van der Waals surface area contributed by atoms with Crippen LogP contribution < -0.4 is 0 Å². The summed E-state index contributed by atoms with van der Waals surface area (Å²) in [6.07, 6.45) is 2.21. The van der Waals surface area contributed by atoms with Gasteiger partial charge in [0.1, 0.15) is 0 Å². The highest BCUT2D eigenvalue weighted by Gasteiger charge is 2.36. The highest BCUT2D eigenvalue weighted by molar-refractivity contribution is 6.21. The van der Waals surface area contributed by atoms with Crippen molar-refractivity contribution in [3.8, 4) is 0 Å². The Morgan fingerprint density at radius 2 is 2.00 bits per heavy atom. The van der Waals surface area contributed by atoms with Gasteiger partial charge in [0.15, 0.2) is 0 Å². The van der Waals surface area contributed by atoms with Crippen molar-refractivity contribution in [3.05, 3.63) is 34.9 Å². The summed E-state index contributed by atoms with van der Waals surface area (Å²) in [5, 5.41) is 0.188. The Morgan fingerprint density at radius 1 is 1.35 bits per heavy atom. The molecule has 0 fully saturated rings. The van der Waals surface area contributed by atoms with E-state index in [-0.39, 0.29) is 16.2 Å². The molecule has 1 aromatic rings. The molecule has 1 aliphatic carbocycles. The lowest BCUT2D eigenvalue weighted by atomic mass is 9.79. The standard InChI is InChI=1S/C16H23Cl/c1-6-15(2,3)11-7-8-13-12(9-11)14(17)10-16(13,4)5/h7-9,14H,6,10H2,1-5H3. The fourth-order valence-corrected chi connectivity index (χ4v) is 3.30. The molecule has 0 spiro atoms. The first-order chi connectivity index (χ1) is 7.78. The average Bonchev–Trinajstić information content (AvgIpc) is 2.49. The second kappa shape index (κ2) is 4.02. The first-order valence-corrected chi connectivity index (χ1v) is 7.00. The lowest BCUT2D eigenvalue weighted by Gasteiger charge is -2.25. The van der Waals surface area contributed by atoms with Crippen LogP contribution in [0, 0.1) is 0 Å². The van der Waals surface area contributed by atoms with E-state index >= 15 is 0 Å². The van der Waals surface area contributed by atoms with E-state index in [1.54, 1.807) is 0 Å². The third-order valence-electron chi connectivity index (χ3n) is 4.47. The van der Waals surface area contributed by atoms with Gasteiger partial charge in [0, 0.05) is 0 Å². The molecule has 0 saturated heterocycles. The van der Waals surface area contributed by atoms with Crippen LogP contribution in [0.25, 0.3) is 0 Å². The predicted octanol–water partition coefficient (Wildman–Crippen LogP) is 5.34. The Labute approximate surface area is 110 Å². The summed E-state index contributed by atoms with van der Waals surface area (Å²) in [5.41, 5.74) is 4.69. The fraction of sp³-hybridized carbons (Fsp3) is 0.625. The number of benzene rings is 1. The third-order valence-corrected chi connectivity index (χ3v) is 4.86. The van der Waals surface area contributed by atoms with E-state index < -0.39 is 0 Å². The zero-order valence-corrected chi connectivity index (χ0v) is 12.4. The molecule has 0 aromatic heterocycles. The molecule has 0 bridgehead atoms. The largest absolute Gasteiger partial charge is 0.118 e. The van der Waals surface area contributed by atoms with Crippen LogP contribution in [0.3, 0.4) is 0 Å². The van der Waals surface area contributed by atoms with Crippen molar-refractivity contribution in [2.75, 3.05) is 0 Å². The van der Waals surface area contributed by atoms with Gasteiger partial charge in [-0.05, 0) is 40.4 Å². The number of alkyl halides is 1. The second-order valence-corrected chi connectivity index (χ2v) is 7.12. The minimum atomic E-state index is 0.188. The molecule has 17 heavy (non-hydrogen) atoms. The Balaban J connectivity index is 2.50. The molecule has 0 saturated carbocycles. The minimum Gasteiger partial charge on any atom is -0.118 e. The van der Waals surface area contributed by atoms with Gasteiger partial charge in [-0.3, -0.25) is 0 Å². The van der Waals surface area contributed by atoms with Crippen molar-refractivity contribution in [1.82, 2.24) is 0 Å². The highest BCUT2D eigenvalue weighted by Crippen LogP contribution is 2.48. The van der Waals surface area contributed by atoms with Gasteiger partial charge in [0.25, 0.3) is 0 Å². The molecule has 1 aliphatic rings. The number of fused-ring (bicyclic) bond motifs is 1. The van der Waals surface area contributed by atoms with E-state index in [0.717, 1.165) is 12.8 Å². The van der Waals surface area contributed by atoms with E-state index in [0.29, 0.717) is 0 Å². The van der Waals surface area contributed by atoms with Crippen molar-refractivity contribution >= 4 is 11.6 Å². The molecule has 94 valence electrons. The maximum absolute atomic E-state index is 6.49. The van der Waals surface area contributed by atoms with Crippen LogP contribution in [0.5, 0.6) is 0 Å². The maximum atomic E-state index is 6.49. The topological polar surface area (TPSA) is 0 Å². The van der Waals surface area contributed by atoms with Gasteiger partial charge >= 0.3 is 0 Å². The first-order valence-electron chi connectivity index (χ1n) is 6.57. The minimum absolute atomic E-state index is 0.188. The molecular weight excluding hydrogens is 228 g/mol. The lowest BCUT2D eigenvalue weighted by molar-refractivity contribution is 0.505. The molecule has 1 atom stereocenters. The number of hydrogen-bond donors (Lipinski definition) is 0. The Morgan fingerprint density at radius 3 is 2.59 bits per heavy atom. The summed E-state index contributed by atoms with van der Waals surface area (Å²) in [6, 6.07) is 6.93. The van der Waals surface area contributed by atoms with Crippen LogP contribution >= 0.6 is 11.6 Å². The van der Waals surface area contributed by atoms with Crippen LogP contribution in [0.4, 0.5) is 0 Å². The normalized spacial score (nSPS) is 22.6. The molecule has 1 heteroatoms. The van der Waals surface area contributed by atoms with Crippen LogP contribution in [0.15, 0.2) is 18.2 Å². The molecular formula is C16H23Cl. The molecule has 0 heterocycles. The summed E-state index contributed by atoms with van der Waals surface area (Å²) < 4.78 is 0. The van der Waals surface area contributed by atoms with E-state index in [4.69, 9.17) is 11.6 Å². The molecule has 0 amide bonds. The molecule has 1 unspecified atom stereocenters. The molecule has 0 radical (unpaired) electrons. The van der Waals surface area contributed by atoms with Gasteiger partial charge < -0.3 is 0 Å². The summed E-state index contributed by atoms with van der Waals surface area (Å²) in [7, 11) is 0. The SMILES string of the molecule is CCC(C)(C)c1ccc2c(c1)C(Cl)CC2(C)C. The average molecular weight is 251 g/mol. The molecule has 0 aliphatic heterocycles. The first kappa shape index (κ1) is 13.0. The van der Waals surface area contributed by atoms with Crippen LogP contribution in [-0.2, 0) is 10.8 Å². The number of hydrogen-bond acceptors (Lipinski definition) is 0. The molecule has 0 nitrogen and oxygen atoms in total. The van der Waals surface area contributed by atoms with Gasteiger partial charge in [-0.1, -0.05) is 52.8 Å². The fourth-order valence-electron chi connectivity index (χ4n) is 2.73. The summed E-state index contributed by atoms with van der Waals surface area (Å²) in [6.45, 7) is 11.4. The van der Waals surface area contributed by atoms with Gasteiger partial charge in [0.2, 0.25) is 0 Å². The lowest BCUT2D eigenvalue weighted by Crippen LogP contribution is -2.16. The second-order valence-electron chi connectivity index (χ2n) is 6.60. The van der Waals surface area contributed by atoms with Gasteiger partial charge in [-0.25, -0.2) is 0 Å². The molecule has 2 rings (SSSR count). The van der Waals surface area contributed by atoms with Crippen molar-refractivity contribution in [1.29, 1.82) is 0 Å².